The topological polar surface area (TPSA) is 39.2 Å². The molecule has 3 nitrogen and oxygen atoms in total. The van der Waals surface area contributed by atoms with Gasteiger partial charge < -0.3 is 4.74 Å². The van der Waals surface area contributed by atoms with Crippen molar-refractivity contribution < 1.29 is 9.53 Å². The fourth-order valence-electron chi connectivity index (χ4n) is 2.23. The van der Waals surface area contributed by atoms with Gasteiger partial charge in [0, 0.05) is 15.4 Å². The Labute approximate surface area is 130 Å². The van der Waals surface area contributed by atoms with Crippen molar-refractivity contribution in [2.45, 2.75) is 0 Å². The molecule has 104 valence electrons. The van der Waals surface area contributed by atoms with Crippen molar-refractivity contribution in [3.8, 4) is 11.3 Å². The maximum atomic E-state index is 12.1. The lowest BCUT2D eigenvalue weighted by molar-refractivity contribution is 0.0603. The summed E-state index contributed by atoms with van der Waals surface area (Å²) in [6, 6.07) is 17.2. The molecular weight excluding hydrogens is 330 g/mol. The maximum absolute atomic E-state index is 12.1. The van der Waals surface area contributed by atoms with E-state index in [1.807, 2.05) is 48.5 Å². The van der Waals surface area contributed by atoms with Crippen molar-refractivity contribution in [1.29, 1.82) is 0 Å². The normalized spacial score (nSPS) is 10.6. The van der Waals surface area contributed by atoms with E-state index in [9.17, 15) is 4.79 Å². The van der Waals surface area contributed by atoms with Crippen molar-refractivity contribution in [1.82, 2.24) is 4.98 Å². The minimum atomic E-state index is -0.363. The molecule has 0 N–H and O–H groups in total. The van der Waals surface area contributed by atoms with E-state index in [0.29, 0.717) is 5.56 Å². The summed E-state index contributed by atoms with van der Waals surface area (Å²) in [7, 11) is 1.38. The number of aromatic nitrogens is 1. The van der Waals surface area contributed by atoms with E-state index in [1.165, 1.54) is 7.11 Å². The van der Waals surface area contributed by atoms with Crippen molar-refractivity contribution in [2.24, 2.45) is 0 Å². The average Bonchev–Trinajstić information content (AvgIpc) is 2.54. The minimum Gasteiger partial charge on any atom is -0.465 e. The number of carbonyl (C=O) groups excluding carboxylic acids is 1. The maximum Gasteiger partial charge on any atom is 0.338 e. The van der Waals surface area contributed by atoms with Crippen LogP contribution in [0.3, 0.4) is 0 Å². The number of ether oxygens (including phenoxy) is 1. The van der Waals surface area contributed by atoms with Crippen LogP contribution in [0.5, 0.6) is 0 Å². The summed E-state index contributed by atoms with van der Waals surface area (Å²) in [5.41, 5.74) is 3.00. The monoisotopic (exact) mass is 341 g/mol. The summed E-state index contributed by atoms with van der Waals surface area (Å²) in [5.74, 6) is -0.363. The number of benzene rings is 2. The largest absolute Gasteiger partial charge is 0.465 e. The number of carbonyl (C=O) groups is 1. The molecule has 0 spiro atoms. The van der Waals surface area contributed by atoms with Crippen molar-refractivity contribution >= 4 is 32.8 Å². The Morgan fingerprint density at radius 3 is 2.57 bits per heavy atom. The molecule has 0 bridgehead atoms. The van der Waals surface area contributed by atoms with Crippen LogP contribution < -0.4 is 0 Å². The molecule has 0 aliphatic carbocycles. The quantitative estimate of drug-likeness (QED) is 0.646. The van der Waals surface area contributed by atoms with E-state index >= 15 is 0 Å². The molecule has 0 aliphatic rings. The molecule has 1 heterocycles. The number of nitrogens with zero attached hydrogens (tertiary/aromatic N) is 1. The first-order chi connectivity index (χ1) is 10.2. The van der Waals surface area contributed by atoms with Crippen molar-refractivity contribution in [3.05, 3.63) is 64.6 Å². The summed E-state index contributed by atoms with van der Waals surface area (Å²) >= 11 is 3.42. The number of hydrogen-bond donors (Lipinski definition) is 0. The van der Waals surface area contributed by atoms with Crippen molar-refractivity contribution in [2.75, 3.05) is 7.11 Å². The van der Waals surface area contributed by atoms with Crippen LogP contribution in [0.25, 0.3) is 22.2 Å². The van der Waals surface area contributed by atoms with Gasteiger partial charge in [0.15, 0.2) is 0 Å². The number of halogens is 1. The highest BCUT2D eigenvalue weighted by molar-refractivity contribution is 9.10. The first-order valence-corrected chi connectivity index (χ1v) is 7.22. The molecule has 2 aromatic carbocycles. The predicted molar refractivity (Wildman–Crippen MR) is 86.2 cm³/mol. The molecular formula is C17H12BrNO2. The van der Waals surface area contributed by atoms with Gasteiger partial charge in [-0.05, 0) is 24.3 Å². The van der Waals surface area contributed by atoms with Gasteiger partial charge in [-0.1, -0.05) is 46.3 Å². The first-order valence-electron chi connectivity index (χ1n) is 6.43. The second-order valence-corrected chi connectivity index (χ2v) is 5.49. The lowest BCUT2D eigenvalue weighted by Crippen LogP contribution is -2.04. The Hall–Kier alpha value is -2.20. The van der Waals surface area contributed by atoms with Gasteiger partial charge in [-0.25, -0.2) is 9.78 Å². The first kappa shape index (κ1) is 13.8. The number of methoxy groups -OCH3 is 1. The van der Waals surface area contributed by atoms with Crippen LogP contribution in [0.15, 0.2) is 59.1 Å². The van der Waals surface area contributed by atoms with Gasteiger partial charge in [-0.15, -0.1) is 0 Å². The van der Waals surface area contributed by atoms with Gasteiger partial charge in [0.05, 0.1) is 23.9 Å². The van der Waals surface area contributed by atoms with Gasteiger partial charge >= 0.3 is 5.97 Å². The minimum absolute atomic E-state index is 0.363. The zero-order chi connectivity index (χ0) is 14.8. The van der Waals surface area contributed by atoms with Crippen molar-refractivity contribution in [3.63, 3.8) is 0 Å². The van der Waals surface area contributed by atoms with Gasteiger partial charge in [-0.3, -0.25) is 0 Å². The molecule has 0 amide bonds. The van der Waals surface area contributed by atoms with Gasteiger partial charge in [0.1, 0.15) is 0 Å². The highest BCUT2D eigenvalue weighted by Gasteiger charge is 2.14. The molecule has 0 unspecified atom stereocenters. The van der Waals surface area contributed by atoms with E-state index in [0.717, 1.165) is 26.6 Å². The SMILES string of the molecule is COC(=O)c1cc(-c2ccccc2)nc2ccc(Br)cc12. The molecule has 0 saturated carbocycles. The summed E-state index contributed by atoms with van der Waals surface area (Å²) in [6.07, 6.45) is 0. The lowest BCUT2D eigenvalue weighted by Gasteiger charge is -2.09. The molecule has 21 heavy (non-hydrogen) atoms. The van der Waals surface area contributed by atoms with Gasteiger partial charge in [0.25, 0.3) is 0 Å². The summed E-state index contributed by atoms with van der Waals surface area (Å²) < 4.78 is 5.79. The van der Waals surface area contributed by atoms with Crippen LogP contribution in [0.2, 0.25) is 0 Å². The summed E-state index contributed by atoms with van der Waals surface area (Å²) in [5, 5.41) is 0.774. The molecule has 0 atom stereocenters. The van der Waals surface area contributed by atoms with E-state index < -0.39 is 0 Å². The number of fused-ring (bicyclic) bond motifs is 1. The van der Waals surface area contributed by atoms with Crippen LogP contribution in [-0.4, -0.2) is 18.1 Å². The van der Waals surface area contributed by atoms with E-state index in [2.05, 4.69) is 20.9 Å². The Morgan fingerprint density at radius 1 is 1.10 bits per heavy atom. The number of rotatable bonds is 2. The smallest absolute Gasteiger partial charge is 0.338 e. The lowest BCUT2D eigenvalue weighted by atomic mass is 10.0. The van der Waals surface area contributed by atoms with Crippen LogP contribution in [0.4, 0.5) is 0 Å². The van der Waals surface area contributed by atoms with Gasteiger partial charge in [-0.2, -0.15) is 0 Å². The molecule has 3 rings (SSSR count). The highest BCUT2D eigenvalue weighted by Crippen LogP contribution is 2.27. The van der Waals surface area contributed by atoms with Crippen LogP contribution >= 0.6 is 15.9 Å². The molecule has 0 radical (unpaired) electrons. The molecule has 3 aromatic rings. The zero-order valence-corrected chi connectivity index (χ0v) is 12.9. The molecule has 4 heteroatoms. The van der Waals surface area contributed by atoms with Crippen LogP contribution in [0, 0.1) is 0 Å². The summed E-state index contributed by atoms with van der Waals surface area (Å²) in [6.45, 7) is 0. The Kier molecular flexibility index (Phi) is 3.71. The zero-order valence-electron chi connectivity index (χ0n) is 11.3. The second-order valence-electron chi connectivity index (χ2n) is 4.57. The average molecular weight is 342 g/mol. The van der Waals surface area contributed by atoms with E-state index in [4.69, 9.17) is 4.74 Å². The third-order valence-corrected chi connectivity index (χ3v) is 3.74. The highest BCUT2D eigenvalue weighted by atomic mass is 79.9. The molecule has 0 fully saturated rings. The van der Waals surface area contributed by atoms with Crippen LogP contribution in [-0.2, 0) is 4.74 Å². The van der Waals surface area contributed by atoms with Gasteiger partial charge in [0.2, 0.25) is 0 Å². The standard InChI is InChI=1S/C17H12BrNO2/c1-21-17(20)14-10-16(11-5-3-2-4-6-11)19-15-8-7-12(18)9-13(14)15/h2-10H,1H3. The van der Waals surface area contributed by atoms with E-state index in [1.54, 1.807) is 6.07 Å². The second kappa shape index (κ2) is 5.66. The number of esters is 1. The third kappa shape index (κ3) is 2.67. The molecule has 1 aromatic heterocycles. The Bertz CT molecular complexity index is 816. The predicted octanol–water partition coefficient (Wildman–Crippen LogP) is 4.45. The number of hydrogen-bond acceptors (Lipinski definition) is 3. The fraction of sp³-hybridized carbons (Fsp3) is 0.0588. The Balaban J connectivity index is 2.30. The van der Waals surface area contributed by atoms with E-state index in [-0.39, 0.29) is 5.97 Å². The molecule has 0 aliphatic heterocycles. The van der Waals surface area contributed by atoms with Crippen LogP contribution in [0.1, 0.15) is 10.4 Å². The summed E-state index contributed by atoms with van der Waals surface area (Å²) in [4.78, 5) is 16.7. The molecule has 0 saturated heterocycles. The Morgan fingerprint density at radius 2 is 1.86 bits per heavy atom. The third-order valence-electron chi connectivity index (χ3n) is 3.25. The fourth-order valence-corrected chi connectivity index (χ4v) is 2.59. The number of pyridine rings is 1.